The zero-order chi connectivity index (χ0) is 16.4. The van der Waals surface area contributed by atoms with E-state index in [9.17, 15) is 4.39 Å². The van der Waals surface area contributed by atoms with Crippen LogP contribution >= 0.6 is 0 Å². The lowest BCUT2D eigenvalue weighted by Crippen LogP contribution is -2.36. The minimum atomic E-state index is -0.0633. The molecule has 0 unspecified atom stereocenters. The summed E-state index contributed by atoms with van der Waals surface area (Å²) in [5.41, 5.74) is 4.53. The molecule has 1 saturated heterocycles. The summed E-state index contributed by atoms with van der Waals surface area (Å²) < 4.78 is 19.2. The lowest BCUT2D eigenvalue weighted by Gasteiger charge is -2.29. The maximum Gasteiger partial charge on any atom is 0.126 e. The first-order valence-electron chi connectivity index (χ1n) is 8.73. The van der Waals surface area contributed by atoms with E-state index in [1.54, 1.807) is 6.07 Å². The first-order valence-corrected chi connectivity index (χ1v) is 8.73. The topological polar surface area (TPSA) is 24.5 Å². The van der Waals surface area contributed by atoms with E-state index < -0.39 is 0 Å². The van der Waals surface area contributed by atoms with Crippen molar-refractivity contribution in [1.29, 1.82) is 0 Å². The minimum absolute atomic E-state index is 0.0633. The molecule has 126 valence electrons. The van der Waals surface area contributed by atoms with Gasteiger partial charge in [0.1, 0.15) is 5.82 Å². The molecule has 0 aromatic heterocycles. The number of rotatable bonds is 4. The Morgan fingerprint density at radius 3 is 2.67 bits per heavy atom. The van der Waals surface area contributed by atoms with Gasteiger partial charge in [0.25, 0.3) is 0 Å². The van der Waals surface area contributed by atoms with Crippen LogP contribution in [0.2, 0.25) is 0 Å². The van der Waals surface area contributed by atoms with Crippen LogP contribution in [0.4, 0.5) is 10.1 Å². The fraction of sp³-hybridized carbons (Fsp3) is 0.400. The van der Waals surface area contributed by atoms with E-state index in [2.05, 4.69) is 34.5 Å². The lowest BCUT2D eigenvalue weighted by molar-refractivity contribution is 0.122. The number of ether oxygens (including phenoxy) is 1. The Bertz CT molecular complexity index is 695. The number of morpholine rings is 1. The number of nitrogens with one attached hydrogen (secondary N) is 1. The van der Waals surface area contributed by atoms with Gasteiger partial charge in [-0.2, -0.15) is 0 Å². The van der Waals surface area contributed by atoms with Gasteiger partial charge in [-0.1, -0.05) is 24.3 Å². The van der Waals surface area contributed by atoms with Crippen molar-refractivity contribution in [3.05, 3.63) is 65.0 Å². The molecule has 2 aromatic rings. The second-order valence-corrected chi connectivity index (χ2v) is 6.55. The molecule has 2 aromatic carbocycles. The van der Waals surface area contributed by atoms with Crippen molar-refractivity contribution in [3.8, 4) is 0 Å². The molecule has 1 fully saturated rings. The van der Waals surface area contributed by atoms with Crippen molar-refractivity contribution < 1.29 is 9.13 Å². The highest BCUT2D eigenvalue weighted by Gasteiger charge is 2.24. The maximum absolute atomic E-state index is 13.8. The Balaban J connectivity index is 1.38. The molecule has 1 N–H and O–H groups in total. The van der Waals surface area contributed by atoms with Gasteiger partial charge in [0, 0.05) is 31.4 Å². The van der Waals surface area contributed by atoms with Gasteiger partial charge in [-0.3, -0.25) is 0 Å². The number of benzene rings is 2. The van der Waals surface area contributed by atoms with E-state index in [1.807, 2.05) is 12.1 Å². The number of fused-ring (bicyclic) bond motifs is 1. The van der Waals surface area contributed by atoms with Gasteiger partial charge < -0.3 is 15.0 Å². The molecule has 4 heteroatoms. The molecular weight excluding hydrogens is 303 g/mol. The Kier molecular flexibility index (Phi) is 4.50. The number of anilines is 1. The number of hydrogen-bond acceptors (Lipinski definition) is 3. The van der Waals surface area contributed by atoms with Crippen molar-refractivity contribution in [2.75, 3.05) is 31.2 Å². The smallest absolute Gasteiger partial charge is 0.126 e. The van der Waals surface area contributed by atoms with Gasteiger partial charge in [0.15, 0.2) is 0 Å². The van der Waals surface area contributed by atoms with Crippen LogP contribution in [0.25, 0.3) is 0 Å². The largest absolute Gasteiger partial charge is 0.378 e. The summed E-state index contributed by atoms with van der Waals surface area (Å²) >= 11 is 0. The first-order chi connectivity index (χ1) is 11.8. The molecule has 1 aliphatic heterocycles. The van der Waals surface area contributed by atoms with Crippen molar-refractivity contribution in [1.82, 2.24) is 5.32 Å². The first kappa shape index (κ1) is 15.6. The number of halogens is 1. The zero-order valence-electron chi connectivity index (χ0n) is 13.8. The third-order valence-electron chi connectivity index (χ3n) is 5.08. The molecule has 1 atom stereocenters. The van der Waals surface area contributed by atoms with Crippen LogP contribution < -0.4 is 10.2 Å². The van der Waals surface area contributed by atoms with E-state index in [0.29, 0.717) is 0 Å². The van der Waals surface area contributed by atoms with Gasteiger partial charge in [-0.25, -0.2) is 4.39 Å². The molecule has 4 rings (SSSR count). The molecule has 0 amide bonds. The van der Waals surface area contributed by atoms with Gasteiger partial charge in [0.05, 0.1) is 13.2 Å². The SMILES string of the molecule is Fc1cccc2c1CC[C@@H]2NCc1ccc(N2CCOCC2)cc1. The predicted molar refractivity (Wildman–Crippen MR) is 93.8 cm³/mol. The molecule has 1 aliphatic carbocycles. The molecule has 2 aliphatic rings. The average Bonchev–Trinajstić information content (AvgIpc) is 3.06. The summed E-state index contributed by atoms with van der Waals surface area (Å²) in [5.74, 6) is -0.0633. The third-order valence-corrected chi connectivity index (χ3v) is 5.08. The summed E-state index contributed by atoms with van der Waals surface area (Å²) in [6.07, 6.45) is 1.80. The molecular formula is C20H23FN2O. The average molecular weight is 326 g/mol. The van der Waals surface area contributed by atoms with Gasteiger partial charge in [-0.15, -0.1) is 0 Å². The molecule has 3 nitrogen and oxygen atoms in total. The van der Waals surface area contributed by atoms with Crippen molar-refractivity contribution in [2.45, 2.75) is 25.4 Å². The second kappa shape index (κ2) is 6.91. The Labute approximate surface area is 142 Å². The van der Waals surface area contributed by atoms with Crippen molar-refractivity contribution in [3.63, 3.8) is 0 Å². The molecule has 0 bridgehead atoms. The minimum Gasteiger partial charge on any atom is -0.378 e. The fourth-order valence-corrected chi connectivity index (χ4v) is 3.71. The van der Waals surface area contributed by atoms with Gasteiger partial charge in [0.2, 0.25) is 0 Å². The third kappa shape index (κ3) is 3.17. The van der Waals surface area contributed by atoms with Gasteiger partial charge in [-0.05, 0) is 47.7 Å². The van der Waals surface area contributed by atoms with E-state index in [4.69, 9.17) is 4.74 Å². The predicted octanol–water partition coefficient (Wildman–Crippen LogP) is 3.44. The van der Waals surface area contributed by atoms with Crippen LogP contribution in [-0.2, 0) is 17.7 Å². The zero-order valence-corrected chi connectivity index (χ0v) is 13.8. The summed E-state index contributed by atoms with van der Waals surface area (Å²) in [5, 5.41) is 3.58. The van der Waals surface area contributed by atoms with Gasteiger partial charge >= 0.3 is 0 Å². The van der Waals surface area contributed by atoms with Crippen LogP contribution in [0.15, 0.2) is 42.5 Å². The summed E-state index contributed by atoms with van der Waals surface area (Å²) in [4.78, 5) is 2.36. The molecule has 0 radical (unpaired) electrons. The normalized spacial score (nSPS) is 20.2. The maximum atomic E-state index is 13.8. The Morgan fingerprint density at radius 2 is 1.88 bits per heavy atom. The highest BCUT2D eigenvalue weighted by Crippen LogP contribution is 2.32. The van der Waals surface area contributed by atoms with Crippen LogP contribution in [0.5, 0.6) is 0 Å². The van der Waals surface area contributed by atoms with Crippen LogP contribution in [0.3, 0.4) is 0 Å². The van der Waals surface area contributed by atoms with E-state index >= 15 is 0 Å². The number of hydrogen-bond donors (Lipinski definition) is 1. The number of nitrogens with zero attached hydrogens (tertiary/aromatic N) is 1. The Hall–Kier alpha value is -1.91. The van der Waals surface area contributed by atoms with Crippen molar-refractivity contribution in [2.24, 2.45) is 0 Å². The molecule has 0 spiro atoms. The quantitative estimate of drug-likeness (QED) is 0.931. The van der Waals surface area contributed by atoms with Crippen LogP contribution in [0.1, 0.15) is 29.2 Å². The van der Waals surface area contributed by atoms with E-state index in [1.165, 1.54) is 11.3 Å². The lowest BCUT2D eigenvalue weighted by atomic mass is 10.1. The van der Waals surface area contributed by atoms with Crippen LogP contribution in [0, 0.1) is 5.82 Å². The van der Waals surface area contributed by atoms with Crippen LogP contribution in [-0.4, -0.2) is 26.3 Å². The highest BCUT2D eigenvalue weighted by molar-refractivity contribution is 5.48. The molecule has 24 heavy (non-hydrogen) atoms. The Morgan fingerprint density at radius 1 is 1.08 bits per heavy atom. The second-order valence-electron chi connectivity index (χ2n) is 6.55. The molecule has 1 heterocycles. The van der Waals surface area contributed by atoms with Crippen molar-refractivity contribution >= 4 is 5.69 Å². The van der Waals surface area contributed by atoms with E-state index in [0.717, 1.165) is 56.8 Å². The highest BCUT2D eigenvalue weighted by atomic mass is 19.1. The summed E-state index contributed by atoms with van der Waals surface area (Å²) in [7, 11) is 0. The fourth-order valence-electron chi connectivity index (χ4n) is 3.71. The monoisotopic (exact) mass is 326 g/mol. The molecule has 0 saturated carbocycles. The summed E-state index contributed by atoms with van der Waals surface area (Å²) in [6, 6.07) is 14.4. The van der Waals surface area contributed by atoms with E-state index in [-0.39, 0.29) is 11.9 Å². The summed E-state index contributed by atoms with van der Waals surface area (Å²) in [6.45, 7) is 4.34. The standard InChI is InChI=1S/C20H23FN2O/c21-19-3-1-2-18-17(19)8-9-20(18)22-14-15-4-6-16(7-5-15)23-10-12-24-13-11-23/h1-7,20,22H,8-14H2/t20-/m0/s1.